The first-order valence-electron chi connectivity index (χ1n) is 12.2. The molecule has 0 aromatic heterocycles. The van der Waals surface area contributed by atoms with Gasteiger partial charge in [-0.2, -0.15) is 0 Å². The van der Waals surface area contributed by atoms with E-state index in [0.717, 1.165) is 6.42 Å². The number of aliphatic carboxylic acids is 1. The molecule has 198 valence electrons. The van der Waals surface area contributed by atoms with Crippen LogP contribution in [-0.4, -0.2) is 47.7 Å². The Morgan fingerprint density at radius 1 is 0.882 bits per heavy atom. The van der Waals surface area contributed by atoms with E-state index in [9.17, 15) is 24.3 Å². The number of carboxylic acid groups (broad SMARTS) is 1. The van der Waals surface area contributed by atoms with E-state index in [2.05, 4.69) is 5.32 Å². The fourth-order valence-electron chi connectivity index (χ4n) is 4.26. The number of hydrogen-bond donors (Lipinski definition) is 2. The van der Waals surface area contributed by atoms with Crippen LogP contribution in [0.1, 0.15) is 101 Å². The average Bonchev–Trinajstić information content (AvgIpc) is 2.64. The van der Waals surface area contributed by atoms with Crippen LogP contribution in [-0.2, 0) is 28.7 Å². The summed E-state index contributed by atoms with van der Waals surface area (Å²) >= 11 is 0. The molecule has 0 saturated heterocycles. The second-order valence-corrected chi connectivity index (χ2v) is 12.1. The SMILES string of the molecule is CCCNC(=O)CC[C@H](OC(=O)C(C)(C)CC(C)C)[C@H](OC(=O)C(C)(C)CC(C)(C)C)C(=O)O. The van der Waals surface area contributed by atoms with Gasteiger partial charge in [0, 0.05) is 13.0 Å². The quantitative estimate of drug-likeness (QED) is 0.341. The number of nitrogens with one attached hydrogen (secondary N) is 1. The van der Waals surface area contributed by atoms with Crippen LogP contribution in [0, 0.1) is 22.2 Å². The zero-order chi connectivity index (χ0) is 26.9. The molecule has 0 saturated carbocycles. The third kappa shape index (κ3) is 11.8. The Labute approximate surface area is 205 Å². The van der Waals surface area contributed by atoms with E-state index >= 15 is 0 Å². The van der Waals surface area contributed by atoms with Crippen molar-refractivity contribution >= 4 is 23.8 Å². The maximum atomic E-state index is 13.0. The van der Waals surface area contributed by atoms with E-state index in [1.807, 2.05) is 41.5 Å². The maximum Gasteiger partial charge on any atom is 0.348 e. The van der Waals surface area contributed by atoms with Crippen molar-refractivity contribution in [2.24, 2.45) is 22.2 Å². The molecule has 0 bridgehead atoms. The summed E-state index contributed by atoms with van der Waals surface area (Å²) in [5, 5.41) is 12.6. The zero-order valence-corrected chi connectivity index (χ0v) is 22.9. The van der Waals surface area contributed by atoms with Crippen LogP contribution in [0.15, 0.2) is 0 Å². The molecule has 0 aromatic carbocycles. The number of esters is 2. The van der Waals surface area contributed by atoms with Crippen LogP contribution in [0.4, 0.5) is 0 Å². The van der Waals surface area contributed by atoms with Gasteiger partial charge >= 0.3 is 17.9 Å². The smallest absolute Gasteiger partial charge is 0.348 e. The summed E-state index contributed by atoms with van der Waals surface area (Å²) in [5.74, 6) is -2.77. The van der Waals surface area contributed by atoms with Crippen LogP contribution in [0.2, 0.25) is 0 Å². The van der Waals surface area contributed by atoms with E-state index in [-0.39, 0.29) is 30.1 Å². The van der Waals surface area contributed by atoms with Gasteiger partial charge in [-0.25, -0.2) is 4.79 Å². The van der Waals surface area contributed by atoms with Crippen LogP contribution < -0.4 is 5.32 Å². The number of carbonyl (C=O) groups excluding carboxylic acids is 3. The minimum absolute atomic E-state index is 0.0602. The predicted molar refractivity (Wildman–Crippen MR) is 131 cm³/mol. The molecule has 8 heteroatoms. The summed E-state index contributed by atoms with van der Waals surface area (Å²) in [6.45, 7) is 19.2. The van der Waals surface area contributed by atoms with Crippen molar-refractivity contribution in [2.75, 3.05) is 6.54 Å². The van der Waals surface area contributed by atoms with Gasteiger partial charge in [-0.05, 0) is 64.7 Å². The third-order valence-corrected chi connectivity index (χ3v) is 5.30. The Morgan fingerprint density at radius 3 is 1.85 bits per heavy atom. The first kappa shape index (κ1) is 31.9. The molecule has 0 aliphatic rings. The monoisotopic (exact) mass is 485 g/mol. The molecule has 34 heavy (non-hydrogen) atoms. The second-order valence-electron chi connectivity index (χ2n) is 12.1. The maximum absolute atomic E-state index is 13.0. The van der Waals surface area contributed by atoms with E-state index in [1.54, 1.807) is 27.7 Å². The molecule has 0 aliphatic heterocycles. The first-order chi connectivity index (χ1) is 15.3. The van der Waals surface area contributed by atoms with Crippen LogP contribution in [0.3, 0.4) is 0 Å². The lowest BCUT2D eigenvalue weighted by Gasteiger charge is -2.33. The summed E-state index contributed by atoms with van der Waals surface area (Å²) in [6, 6.07) is 0. The molecule has 0 aromatic rings. The number of amides is 1. The molecule has 2 N–H and O–H groups in total. The summed E-state index contributed by atoms with van der Waals surface area (Å²) in [7, 11) is 0. The summed E-state index contributed by atoms with van der Waals surface area (Å²) in [6.07, 6.45) is -1.39. The molecule has 1 amide bonds. The molecular weight excluding hydrogens is 438 g/mol. The molecule has 2 atom stereocenters. The minimum Gasteiger partial charge on any atom is -0.478 e. The normalized spacial score (nSPS) is 14.3. The first-order valence-corrected chi connectivity index (χ1v) is 12.2. The lowest BCUT2D eigenvalue weighted by atomic mass is 9.76. The van der Waals surface area contributed by atoms with E-state index < -0.39 is 40.9 Å². The van der Waals surface area contributed by atoms with Crippen molar-refractivity contribution in [3.05, 3.63) is 0 Å². The van der Waals surface area contributed by atoms with Gasteiger partial charge in [-0.15, -0.1) is 0 Å². The fraction of sp³-hybridized carbons (Fsp3) is 0.846. The Hall–Kier alpha value is -2.12. The van der Waals surface area contributed by atoms with Crippen molar-refractivity contribution in [3.63, 3.8) is 0 Å². The third-order valence-electron chi connectivity index (χ3n) is 5.30. The standard InChI is InChI=1S/C26H47NO7/c1-11-14-27-19(28)13-12-18(33-22(31)25(7,8)15-17(2)3)20(21(29)30)34-23(32)26(9,10)16-24(4,5)6/h17-18,20H,11-16H2,1-10H3,(H,27,28)(H,29,30)/t18-,20-/m0/s1. The molecule has 8 nitrogen and oxygen atoms in total. The number of ether oxygens (including phenoxy) is 2. The van der Waals surface area contributed by atoms with Crippen molar-refractivity contribution in [3.8, 4) is 0 Å². The zero-order valence-electron chi connectivity index (χ0n) is 22.9. The molecule has 0 radical (unpaired) electrons. The molecule has 0 unspecified atom stereocenters. The Morgan fingerprint density at radius 2 is 1.41 bits per heavy atom. The number of carbonyl (C=O) groups is 4. The average molecular weight is 486 g/mol. The minimum atomic E-state index is -1.72. The number of hydrogen-bond acceptors (Lipinski definition) is 6. The second kappa shape index (κ2) is 13.1. The number of rotatable bonds is 14. The van der Waals surface area contributed by atoms with Gasteiger partial charge in [-0.1, -0.05) is 41.5 Å². The molecule has 0 heterocycles. The number of carboxylic acids is 1. The predicted octanol–water partition coefficient (Wildman–Crippen LogP) is 4.74. The Kier molecular flexibility index (Phi) is 12.3. The highest BCUT2D eigenvalue weighted by atomic mass is 16.6. The highest BCUT2D eigenvalue weighted by Crippen LogP contribution is 2.35. The topological polar surface area (TPSA) is 119 Å². The van der Waals surface area contributed by atoms with Gasteiger partial charge in [0.05, 0.1) is 10.8 Å². The Bertz CT molecular complexity index is 704. The van der Waals surface area contributed by atoms with E-state index in [0.29, 0.717) is 19.4 Å². The van der Waals surface area contributed by atoms with Crippen molar-refractivity contribution < 1.29 is 33.8 Å². The van der Waals surface area contributed by atoms with Gasteiger partial charge in [0.2, 0.25) is 12.0 Å². The highest BCUT2D eigenvalue weighted by molar-refractivity contribution is 5.83. The summed E-state index contributed by atoms with van der Waals surface area (Å²) in [5.41, 5.74) is -2.00. The van der Waals surface area contributed by atoms with Gasteiger partial charge < -0.3 is 19.9 Å². The molecule has 0 rings (SSSR count). The largest absolute Gasteiger partial charge is 0.478 e. The van der Waals surface area contributed by atoms with Gasteiger partial charge in [-0.3, -0.25) is 14.4 Å². The van der Waals surface area contributed by atoms with Crippen LogP contribution in [0.25, 0.3) is 0 Å². The van der Waals surface area contributed by atoms with Gasteiger partial charge in [0.15, 0.2) is 6.10 Å². The molecule has 0 spiro atoms. The molecule has 0 aliphatic carbocycles. The highest BCUT2D eigenvalue weighted by Gasteiger charge is 2.42. The van der Waals surface area contributed by atoms with Crippen molar-refractivity contribution in [1.29, 1.82) is 0 Å². The van der Waals surface area contributed by atoms with Crippen molar-refractivity contribution in [1.82, 2.24) is 5.32 Å². The lowest BCUT2D eigenvalue weighted by molar-refractivity contribution is -0.189. The van der Waals surface area contributed by atoms with Gasteiger partial charge in [0.1, 0.15) is 0 Å². The summed E-state index contributed by atoms with van der Waals surface area (Å²) < 4.78 is 11.1. The fourth-order valence-corrected chi connectivity index (χ4v) is 4.26. The molecular formula is C26H47NO7. The van der Waals surface area contributed by atoms with Crippen molar-refractivity contribution in [2.45, 2.75) is 114 Å². The van der Waals surface area contributed by atoms with E-state index in [1.165, 1.54) is 0 Å². The molecule has 0 fully saturated rings. The van der Waals surface area contributed by atoms with Gasteiger partial charge in [0.25, 0.3) is 0 Å². The lowest BCUT2D eigenvalue weighted by Crippen LogP contribution is -2.46. The van der Waals surface area contributed by atoms with E-state index in [4.69, 9.17) is 9.47 Å². The Balaban J connectivity index is 5.83. The summed E-state index contributed by atoms with van der Waals surface area (Å²) in [4.78, 5) is 50.2. The van der Waals surface area contributed by atoms with Crippen LogP contribution >= 0.6 is 0 Å². The van der Waals surface area contributed by atoms with Crippen LogP contribution in [0.5, 0.6) is 0 Å².